The van der Waals surface area contributed by atoms with Gasteiger partial charge in [0, 0.05) is 11.8 Å². The average Bonchev–Trinajstić information content (AvgIpc) is 2.84. The molecule has 1 aromatic heterocycles. The Hall–Kier alpha value is -2.18. The second-order valence-electron chi connectivity index (χ2n) is 5.59. The van der Waals surface area contributed by atoms with E-state index < -0.39 is 6.61 Å². The van der Waals surface area contributed by atoms with Crippen molar-refractivity contribution in [3.63, 3.8) is 0 Å². The van der Waals surface area contributed by atoms with Crippen molar-refractivity contribution in [2.24, 2.45) is 0 Å². The average molecular weight is 296 g/mol. The summed E-state index contributed by atoms with van der Waals surface area (Å²) in [5, 5.41) is 11.2. The molecule has 0 radical (unpaired) electrons. The first-order valence-corrected chi connectivity index (χ1v) is 6.55. The molecule has 2 aromatic rings. The molecule has 0 atom stereocenters. The highest BCUT2D eigenvalue weighted by Gasteiger charge is 2.14. The lowest BCUT2D eigenvalue weighted by Gasteiger charge is -2.17. The Labute approximate surface area is 121 Å². The summed E-state index contributed by atoms with van der Waals surface area (Å²) in [5.74, 6) is 0.119. The summed E-state index contributed by atoms with van der Waals surface area (Å²) in [6.07, 6.45) is 1.85. The van der Waals surface area contributed by atoms with Gasteiger partial charge in [0.15, 0.2) is 0 Å². The Morgan fingerprint density at radius 3 is 2.71 bits per heavy atom. The Morgan fingerprint density at radius 1 is 1.33 bits per heavy atom. The van der Waals surface area contributed by atoms with Crippen molar-refractivity contribution < 1.29 is 13.5 Å². The number of alkyl halides is 2. The molecule has 1 heterocycles. The maximum absolute atomic E-state index is 12.2. The van der Waals surface area contributed by atoms with E-state index in [2.05, 4.69) is 20.4 Å². The molecule has 1 N–H and O–H groups in total. The molecule has 0 saturated heterocycles. The number of ether oxygens (including phenoxy) is 1. The first-order chi connectivity index (χ1) is 9.84. The van der Waals surface area contributed by atoms with Crippen LogP contribution in [0.5, 0.6) is 5.75 Å². The Kier molecular flexibility index (Phi) is 4.40. The molecular formula is C14H18F2N4O. The normalized spacial score (nSPS) is 11.7. The molecular weight excluding hydrogens is 278 g/mol. The van der Waals surface area contributed by atoms with Gasteiger partial charge in [-0.05, 0) is 32.9 Å². The lowest BCUT2D eigenvalue weighted by atomic mass is 10.1. The van der Waals surface area contributed by atoms with E-state index in [9.17, 15) is 8.78 Å². The maximum Gasteiger partial charge on any atom is 0.387 e. The number of hydrogen-bond donors (Lipinski definition) is 1. The van der Waals surface area contributed by atoms with Gasteiger partial charge in [0.1, 0.15) is 11.4 Å². The highest BCUT2D eigenvalue weighted by atomic mass is 19.3. The first-order valence-electron chi connectivity index (χ1n) is 6.55. The first kappa shape index (κ1) is 15.2. The van der Waals surface area contributed by atoms with Gasteiger partial charge in [0.05, 0.1) is 18.3 Å². The van der Waals surface area contributed by atoms with Crippen LogP contribution in [0.3, 0.4) is 0 Å². The molecule has 0 saturated carbocycles. The van der Waals surface area contributed by atoms with Gasteiger partial charge in [-0.25, -0.2) is 4.68 Å². The van der Waals surface area contributed by atoms with Crippen molar-refractivity contribution in [1.29, 1.82) is 0 Å². The number of halogens is 2. The Morgan fingerprint density at radius 2 is 2.10 bits per heavy atom. The van der Waals surface area contributed by atoms with E-state index in [-0.39, 0.29) is 11.3 Å². The summed E-state index contributed by atoms with van der Waals surface area (Å²) in [6, 6.07) is 6.41. The van der Waals surface area contributed by atoms with E-state index in [1.807, 2.05) is 27.0 Å². The predicted octanol–water partition coefficient (Wildman–Crippen LogP) is 3.25. The van der Waals surface area contributed by atoms with E-state index in [1.165, 1.54) is 12.1 Å². The van der Waals surface area contributed by atoms with E-state index in [0.717, 1.165) is 5.69 Å². The SMILES string of the molecule is CC(C)(C)n1cc(CNc2cccc(OC(F)F)c2)nn1. The quantitative estimate of drug-likeness (QED) is 0.920. The van der Waals surface area contributed by atoms with Crippen molar-refractivity contribution in [2.45, 2.75) is 39.5 Å². The lowest BCUT2D eigenvalue weighted by Crippen LogP contribution is -2.22. The molecule has 7 heteroatoms. The summed E-state index contributed by atoms with van der Waals surface area (Å²) < 4.78 is 30.4. The van der Waals surface area contributed by atoms with Gasteiger partial charge < -0.3 is 10.1 Å². The maximum atomic E-state index is 12.2. The predicted molar refractivity (Wildman–Crippen MR) is 75.4 cm³/mol. The lowest BCUT2D eigenvalue weighted by molar-refractivity contribution is -0.0498. The van der Waals surface area contributed by atoms with E-state index >= 15 is 0 Å². The summed E-state index contributed by atoms with van der Waals surface area (Å²) in [6.45, 7) is 3.72. The fourth-order valence-corrected chi connectivity index (χ4v) is 1.68. The minimum Gasteiger partial charge on any atom is -0.435 e. The monoisotopic (exact) mass is 296 g/mol. The molecule has 0 aliphatic heterocycles. The molecule has 0 fully saturated rings. The molecule has 0 bridgehead atoms. The van der Waals surface area contributed by atoms with Crippen molar-refractivity contribution in [2.75, 3.05) is 5.32 Å². The summed E-state index contributed by atoms with van der Waals surface area (Å²) in [7, 11) is 0. The number of nitrogens with zero attached hydrogens (tertiary/aromatic N) is 3. The second kappa shape index (κ2) is 6.07. The molecule has 2 rings (SSSR count). The smallest absolute Gasteiger partial charge is 0.387 e. The van der Waals surface area contributed by atoms with E-state index in [4.69, 9.17) is 0 Å². The fraction of sp³-hybridized carbons (Fsp3) is 0.429. The van der Waals surface area contributed by atoms with Gasteiger partial charge in [0.2, 0.25) is 0 Å². The van der Waals surface area contributed by atoms with Crippen molar-refractivity contribution in [3.05, 3.63) is 36.2 Å². The van der Waals surface area contributed by atoms with Gasteiger partial charge >= 0.3 is 6.61 Å². The van der Waals surface area contributed by atoms with Crippen LogP contribution in [0, 0.1) is 0 Å². The second-order valence-corrected chi connectivity index (χ2v) is 5.59. The minimum absolute atomic E-state index is 0.119. The molecule has 0 aliphatic rings. The van der Waals surface area contributed by atoms with Crippen LogP contribution < -0.4 is 10.1 Å². The fourth-order valence-electron chi connectivity index (χ4n) is 1.68. The minimum atomic E-state index is -2.83. The van der Waals surface area contributed by atoms with Crippen LogP contribution in [0.1, 0.15) is 26.5 Å². The van der Waals surface area contributed by atoms with Gasteiger partial charge in [-0.1, -0.05) is 11.3 Å². The van der Waals surface area contributed by atoms with Crippen molar-refractivity contribution in [1.82, 2.24) is 15.0 Å². The van der Waals surface area contributed by atoms with Crippen molar-refractivity contribution >= 4 is 5.69 Å². The number of rotatable bonds is 5. The van der Waals surface area contributed by atoms with Crippen LogP contribution in [0.25, 0.3) is 0 Å². The zero-order valence-electron chi connectivity index (χ0n) is 12.2. The Balaban J connectivity index is 1.98. The third-order valence-corrected chi connectivity index (χ3v) is 2.76. The van der Waals surface area contributed by atoms with Gasteiger partial charge in [-0.15, -0.1) is 5.10 Å². The summed E-state index contributed by atoms with van der Waals surface area (Å²) in [4.78, 5) is 0. The number of benzene rings is 1. The molecule has 0 unspecified atom stereocenters. The van der Waals surface area contributed by atoms with Gasteiger partial charge in [-0.3, -0.25) is 0 Å². The highest BCUT2D eigenvalue weighted by molar-refractivity contribution is 5.48. The molecule has 0 aliphatic carbocycles. The van der Waals surface area contributed by atoms with Crippen LogP contribution in [0.15, 0.2) is 30.5 Å². The number of hydrogen-bond acceptors (Lipinski definition) is 4. The molecule has 0 spiro atoms. The summed E-state index contributed by atoms with van der Waals surface area (Å²) in [5.41, 5.74) is 1.32. The summed E-state index contributed by atoms with van der Waals surface area (Å²) >= 11 is 0. The van der Waals surface area contributed by atoms with Crippen molar-refractivity contribution in [3.8, 4) is 5.75 Å². The number of anilines is 1. The molecule has 1 aromatic carbocycles. The number of aromatic nitrogens is 3. The van der Waals surface area contributed by atoms with Crippen LogP contribution in [0.2, 0.25) is 0 Å². The highest BCUT2D eigenvalue weighted by Crippen LogP contribution is 2.20. The topological polar surface area (TPSA) is 52.0 Å². The third kappa shape index (κ3) is 4.40. The van der Waals surface area contributed by atoms with Crippen LogP contribution in [-0.4, -0.2) is 21.6 Å². The van der Waals surface area contributed by atoms with Gasteiger partial charge in [0.25, 0.3) is 0 Å². The van der Waals surface area contributed by atoms with Crippen LogP contribution >= 0.6 is 0 Å². The standard InChI is InChI=1S/C14H18F2N4O/c1-14(2,3)20-9-11(18-19-20)8-17-10-5-4-6-12(7-10)21-13(15)16/h4-7,9,13,17H,8H2,1-3H3. The largest absolute Gasteiger partial charge is 0.435 e. The Bertz CT molecular complexity index is 593. The van der Waals surface area contributed by atoms with Crippen LogP contribution in [0.4, 0.5) is 14.5 Å². The van der Waals surface area contributed by atoms with E-state index in [0.29, 0.717) is 12.2 Å². The zero-order chi connectivity index (χ0) is 15.5. The van der Waals surface area contributed by atoms with E-state index in [1.54, 1.807) is 16.8 Å². The molecule has 114 valence electrons. The molecule has 0 amide bonds. The zero-order valence-corrected chi connectivity index (χ0v) is 12.2. The molecule has 21 heavy (non-hydrogen) atoms. The number of nitrogens with one attached hydrogen (secondary N) is 1. The van der Waals surface area contributed by atoms with Gasteiger partial charge in [-0.2, -0.15) is 8.78 Å². The third-order valence-electron chi connectivity index (χ3n) is 2.76. The molecule has 5 nitrogen and oxygen atoms in total. The van der Waals surface area contributed by atoms with Crippen LogP contribution in [-0.2, 0) is 12.1 Å².